The van der Waals surface area contributed by atoms with Crippen molar-refractivity contribution in [2.75, 3.05) is 18.0 Å². The Bertz CT molecular complexity index is 2490. The van der Waals surface area contributed by atoms with Gasteiger partial charge in [0, 0.05) is 47.1 Å². The van der Waals surface area contributed by atoms with Crippen molar-refractivity contribution in [3.63, 3.8) is 0 Å². The number of phenolic OH excluding ortho intramolecular Hbond substituents is 1. The topological polar surface area (TPSA) is 210 Å². The minimum atomic E-state index is -4.82. The monoisotopic (exact) mass is 781 g/mol. The van der Waals surface area contributed by atoms with Crippen molar-refractivity contribution in [2.45, 2.75) is 41.3 Å². The van der Waals surface area contributed by atoms with Gasteiger partial charge in [-0.05, 0) is 91.2 Å². The van der Waals surface area contributed by atoms with Crippen LogP contribution in [0, 0.1) is 0 Å². The first-order chi connectivity index (χ1) is 24.9. The highest BCUT2D eigenvalue weighted by Gasteiger charge is 2.25. The molecule has 0 spiro atoms. The Morgan fingerprint density at radius 1 is 0.717 bits per heavy atom. The number of nitrogens with zero attached hydrogens (tertiary/aromatic N) is 2. The van der Waals surface area contributed by atoms with Crippen LogP contribution in [-0.4, -0.2) is 72.5 Å². The van der Waals surface area contributed by atoms with E-state index in [0.29, 0.717) is 41.1 Å². The van der Waals surface area contributed by atoms with Gasteiger partial charge in [-0.3, -0.25) is 13.7 Å². The zero-order valence-corrected chi connectivity index (χ0v) is 30.9. The minimum Gasteiger partial charge on any atom is -0.508 e. The van der Waals surface area contributed by atoms with E-state index in [2.05, 4.69) is 0 Å². The number of benzene rings is 4. The number of phenols is 1. The van der Waals surface area contributed by atoms with Crippen LogP contribution in [0.25, 0.3) is 5.57 Å². The number of aromatic hydroxyl groups is 1. The minimum absolute atomic E-state index is 0.0922. The van der Waals surface area contributed by atoms with Crippen molar-refractivity contribution in [3.05, 3.63) is 143 Å². The van der Waals surface area contributed by atoms with E-state index in [1.54, 1.807) is 66.5 Å². The number of hydrogen-bond acceptors (Lipinski definition) is 9. The lowest BCUT2D eigenvalue weighted by atomic mass is 9.90. The van der Waals surface area contributed by atoms with Crippen LogP contribution in [0.4, 0.5) is 5.69 Å². The summed E-state index contributed by atoms with van der Waals surface area (Å²) in [6, 6.07) is 21.6. The molecular formula is C37H37N2O11S3+. The second-order valence-corrected chi connectivity index (χ2v) is 16.2. The smallest absolute Gasteiger partial charge is 0.295 e. The van der Waals surface area contributed by atoms with Crippen LogP contribution >= 0.6 is 0 Å². The molecule has 53 heavy (non-hydrogen) atoms. The van der Waals surface area contributed by atoms with E-state index in [0.717, 1.165) is 11.8 Å². The van der Waals surface area contributed by atoms with Gasteiger partial charge in [-0.15, -0.1) is 0 Å². The lowest BCUT2D eigenvalue weighted by Crippen LogP contribution is -2.28. The molecule has 5 rings (SSSR count). The average Bonchev–Trinajstić information content (AvgIpc) is 3.11. The van der Waals surface area contributed by atoms with Crippen LogP contribution in [0.2, 0.25) is 0 Å². The van der Waals surface area contributed by atoms with Gasteiger partial charge in [-0.2, -0.15) is 25.3 Å². The summed E-state index contributed by atoms with van der Waals surface area (Å²) >= 11 is 0. The maximum atomic E-state index is 12.6. The van der Waals surface area contributed by atoms with E-state index in [1.165, 1.54) is 54.6 Å². The molecular weight excluding hydrogens is 745 g/mol. The second kappa shape index (κ2) is 15.6. The Kier molecular flexibility index (Phi) is 11.5. The molecule has 278 valence electrons. The van der Waals surface area contributed by atoms with Gasteiger partial charge in [0.15, 0.2) is 18.5 Å². The zero-order chi connectivity index (χ0) is 38.7. The Hall–Kier alpha value is -4.94. The van der Waals surface area contributed by atoms with Gasteiger partial charge < -0.3 is 15.1 Å². The van der Waals surface area contributed by atoms with Crippen molar-refractivity contribution in [1.82, 2.24) is 0 Å². The summed E-state index contributed by atoms with van der Waals surface area (Å²) in [5.74, 6) is -0.381. The molecule has 0 radical (unpaired) electrons. The number of anilines is 1. The summed E-state index contributed by atoms with van der Waals surface area (Å²) in [7, 11) is -13.7. The standard InChI is InChI=1S/C37H36N2O11S3/c1-3-38(24-25-7-5-9-32(21-25)51(42,43)44)29-15-11-26(12-16-29)36(34-20-19-31(40)23-35(34)53(48,49)50)27-13-17-30(18-14-27)39(4-2)37(41)28-8-6-10-33(22-28)52(45,46)47/h5-23,37,41H,3-4,24H2,1-2H3,(H3,42,43,44,45,46,47,48,49,50)/p+1. The Morgan fingerprint density at radius 2 is 1.32 bits per heavy atom. The maximum absolute atomic E-state index is 12.6. The van der Waals surface area contributed by atoms with Crippen LogP contribution in [-0.2, 0) is 36.9 Å². The highest BCUT2D eigenvalue weighted by atomic mass is 32.2. The molecule has 4 aromatic rings. The van der Waals surface area contributed by atoms with Crippen LogP contribution in [0.15, 0.2) is 136 Å². The summed E-state index contributed by atoms with van der Waals surface area (Å²) < 4.78 is 103. The first-order valence-electron chi connectivity index (χ1n) is 16.1. The van der Waals surface area contributed by atoms with Gasteiger partial charge in [-0.25, -0.2) is 4.58 Å². The molecule has 4 aromatic carbocycles. The van der Waals surface area contributed by atoms with Crippen molar-refractivity contribution in [3.8, 4) is 5.75 Å². The van der Waals surface area contributed by atoms with E-state index in [1.807, 2.05) is 11.5 Å². The summed E-state index contributed by atoms with van der Waals surface area (Å²) in [5.41, 5.74) is 3.63. The molecule has 0 saturated heterocycles. The van der Waals surface area contributed by atoms with Crippen LogP contribution in [0.1, 0.15) is 42.3 Å². The summed E-state index contributed by atoms with van der Waals surface area (Å²) in [6.07, 6.45) is 5.79. The molecule has 0 saturated carbocycles. The number of rotatable bonds is 12. The fourth-order valence-corrected chi connectivity index (χ4v) is 7.79. The van der Waals surface area contributed by atoms with Gasteiger partial charge in [0.1, 0.15) is 17.2 Å². The summed E-state index contributed by atoms with van der Waals surface area (Å²) in [5, 5.41) is 21.4. The highest BCUT2D eigenvalue weighted by Crippen LogP contribution is 2.37. The van der Waals surface area contributed by atoms with Crippen molar-refractivity contribution in [1.29, 1.82) is 0 Å². The Balaban J connectivity index is 1.58. The molecule has 0 fully saturated rings. The van der Waals surface area contributed by atoms with Gasteiger partial charge in [0.2, 0.25) is 0 Å². The third-order valence-corrected chi connectivity index (χ3v) is 11.2. The molecule has 5 N–H and O–H groups in total. The SMILES string of the molecule is CCN(c1ccc(C(=C2C=CC(=[N+](CC)Cc3cccc(S(=O)(=O)O)c3)C=C2)c2ccc(O)cc2S(=O)(=O)O)cc1)C(O)c1cccc(S(=O)(=O)O)c1. The van der Waals surface area contributed by atoms with Gasteiger partial charge in [0.25, 0.3) is 30.4 Å². The van der Waals surface area contributed by atoms with Crippen LogP contribution in [0.5, 0.6) is 5.75 Å². The lowest BCUT2D eigenvalue weighted by Gasteiger charge is -2.29. The van der Waals surface area contributed by atoms with E-state index >= 15 is 0 Å². The van der Waals surface area contributed by atoms with Gasteiger partial charge >= 0.3 is 0 Å². The molecule has 1 aliphatic carbocycles. The van der Waals surface area contributed by atoms with E-state index in [4.69, 9.17) is 0 Å². The summed E-state index contributed by atoms with van der Waals surface area (Å²) in [4.78, 5) is 0.455. The summed E-state index contributed by atoms with van der Waals surface area (Å²) in [6.45, 7) is 4.81. The first kappa shape index (κ1) is 39.3. The molecule has 16 heteroatoms. The van der Waals surface area contributed by atoms with Crippen molar-refractivity contribution < 1.29 is 53.7 Å². The van der Waals surface area contributed by atoms with Gasteiger partial charge in [-0.1, -0.05) is 36.4 Å². The predicted molar refractivity (Wildman–Crippen MR) is 199 cm³/mol. The fourth-order valence-electron chi connectivity index (χ4n) is 5.99. The van der Waals surface area contributed by atoms with E-state index < -0.39 is 41.5 Å². The molecule has 1 atom stereocenters. The van der Waals surface area contributed by atoms with E-state index in [9.17, 15) is 49.1 Å². The average molecular weight is 782 g/mol. The number of hydrogen-bond donors (Lipinski definition) is 5. The van der Waals surface area contributed by atoms with E-state index in [-0.39, 0.29) is 33.2 Å². The molecule has 0 aromatic heterocycles. The molecule has 0 aliphatic heterocycles. The molecule has 1 aliphatic rings. The normalized spacial score (nSPS) is 13.9. The van der Waals surface area contributed by atoms with Crippen LogP contribution < -0.4 is 4.90 Å². The third-order valence-electron chi connectivity index (χ3n) is 8.56. The molecule has 0 amide bonds. The first-order valence-corrected chi connectivity index (χ1v) is 20.4. The molecule has 13 nitrogen and oxygen atoms in total. The Morgan fingerprint density at radius 3 is 1.89 bits per heavy atom. The second-order valence-electron chi connectivity index (χ2n) is 12.0. The quantitative estimate of drug-likeness (QED) is 0.0709. The number of allylic oxidation sites excluding steroid dienone is 5. The Labute approximate surface area is 308 Å². The third kappa shape index (κ3) is 9.17. The van der Waals surface area contributed by atoms with Crippen LogP contribution in [0.3, 0.4) is 0 Å². The zero-order valence-electron chi connectivity index (χ0n) is 28.5. The largest absolute Gasteiger partial charge is 0.508 e. The van der Waals surface area contributed by atoms with Gasteiger partial charge in [0.05, 0.1) is 9.79 Å². The predicted octanol–water partition coefficient (Wildman–Crippen LogP) is 5.25. The molecule has 0 heterocycles. The highest BCUT2D eigenvalue weighted by molar-refractivity contribution is 7.86. The fraction of sp³-hybridized carbons (Fsp3) is 0.162. The molecule has 0 bridgehead atoms. The maximum Gasteiger partial charge on any atom is 0.295 e. The number of aliphatic hydroxyl groups excluding tert-OH is 1. The van der Waals surface area contributed by atoms with Crippen molar-refractivity contribution in [2.24, 2.45) is 0 Å². The lowest BCUT2D eigenvalue weighted by molar-refractivity contribution is -0.539. The van der Waals surface area contributed by atoms with Crippen molar-refractivity contribution >= 4 is 47.3 Å². The number of aliphatic hydroxyl groups is 1. The molecule has 1 unspecified atom stereocenters.